The van der Waals surface area contributed by atoms with Gasteiger partial charge in [-0.2, -0.15) is 0 Å². The van der Waals surface area contributed by atoms with Crippen LogP contribution in [-0.4, -0.2) is 6.04 Å². The number of nitrogens with two attached hydrogens (primary N) is 2. The Balaban J connectivity index is 2.43. The molecule has 0 saturated carbocycles. The van der Waals surface area contributed by atoms with Crippen LogP contribution in [0.4, 0.5) is 0 Å². The van der Waals surface area contributed by atoms with E-state index in [0.717, 1.165) is 12.8 Å². The van der Waals surface area contributed by atoms with Crippen molar-refractivity contribution in [2.45, 2.75) is 25.3 Å². The Kier molecular flexibility index (Phi) is 3.22. The molecular formula is C6H14N3PS. The lowest BCUT2D eigenvalue weighted by Gasteiger charge is -2.22. The lowest BCUT2D eigenvalue weighted by Crippen LogP contribution is -2.31. The van der Waals surface area contributed by atoms with E-state index in [-0.39, 0.29) is 0 Å². The van der Waals surface area contributed by atoms with Gasteiger partial charge in [0.25, 0.3) is 0 Å². The fraction of sp³-hybridized carbons (Fsp3) is 0.667. The summed E-state index contributed by atoms with van der Waals surface area (Å²) in [4.78, 5) is 0. The van der Waals surface area contributed by atoms with E-state index in [9.17, 15) is 0 Å². The Hall–Kier alpha value is 0.270. The van der Waals surface area contributed by atoms with E-state index in [1.54, 1.807) is 0 Å². The molecule has 3 nitrogen and oxygen atoms in total. The van der Waals surface area contributed by atoms with E-state index in [1.165, 1.54) is 6.42 Å². The molecule has 0 amide bonds. The summed E-state index contributed by atoms with van der Waals surface area (Å²) in [6.07, 6.45) is 7.71. The van der Waals surface area contributed by atoms with E-state index >= 15 is 0 Å². The van der Waals surface area contributed by atoms with Gasteiger partial charge in [-0.3, -0.25) is 16.1 Å². The normalized spacial score (nSPS) is 25.5. The zero-order valence-electron chi connectivity index (χ0n) is 6.36. The van der Waals surface area contributed by atoms with Crippen molar-refractivity contribution in [2.24, 2.45) is 11.0 Å². The maximum Gasteiger partial charge on any atom is 0.132 e. The molecule has 0 aliphatic heterocycles. The fourth-order valence-electron chi connectivity index (χ4n) is 1.18. The van der Waals surface area contributed by atoms with Gasteiger partial charge >= 0.3 is 0 Å². The van der Waals surface area contributed by atoms with Crippen LogP contribution in [0.5, 0.6) is 0 Å². The number of hydrogen-bond acceptors (Lipinski definition) is 1. The number of allylic oxidation sites excluding steroid dienone is 1. The van der Waals surface area contributed by atoms with Crippen molar-refractivity contribution in [1.82, 2.24) is 5.09 Å². The Morgan fingerprint density at radius 2 is 2.27 bits per heavy atom. The SMILES string of the molecule is NP(N)(=S)NC1C=CCCC1. The highest BCUT2D eigenvalue weighted by molar-refractivity contribution is 8.11. The topological polar surface area (TPSA) is 64.1 Å². The lowest BCUT2D eigenvalue weighted by molar-refractivity contribution is 0.612. The van der Waals surface area contributed by atoms with Crippen LogP contribution < -0.4 is 16.1 Å². The van der Waals surface area contributed by atoms with E-state index in [1.807, 2.05) is 0 Å². The second-order valence-corrected chi connectivity index (χ2v) is 6.29. The highest BCUT2D eigenvalue weighted by atomic mass is 32.4. The minimum Gasteiger partial charge on any atom is -0.280 e. The Morgan fingerprint density at radius 3 is 2.73 bits per heavy atom. The fourth-order valence-corrected chi connectivity index (χ4v) is 2.32. The van der Waals surface area contributed by atoms with E-state index in [2.05, 4.69) is 17.2 Å². The third kappa shape index (κ3) is 3.99. The summed E-state index contributed by atoms with van der Waals surface area (Å²) >= 11 is 4.89. The second-order valence-electron chi connectivity index (χ2n) is 2.80. The van der Waals surface area contributed by atoms with E-state index in [4.69, 9.17) is 22.8 Å². The first-order valence-corrected chi connectivity index (χ1v) is 6.64. The summed E-state index contributed by atoms with van der Waals surface area (Å²) in [5.41, 5.74) is 11.1. The third-order valence-corrected chi connectivity index (χ3v) is 2.67. The molecule has 0 aromatic heterocycles. The predicted octanol–water partition coefficient (Wildman–Crippen LogP) is 0.827. The van der Waals surface area contributed by atoms with Crippen molar-refractivity contribution >= 4 is 18.3 Å². The van der Waals surface area contributed by atoms with Gasteiger partial charge in [-0.25, -0.2) is 0 Å². The average Bonchev–Trinajstić information content (AvgIpc) is 1.85. The van der Waals surface area contributed by atoms with Crippen molar-refractivity contribution in [3.63, 3.8) is 0 Å². The number of hydrogen-bond donors (Lipinski definition) is 3. The summed E-state index contributed by atoms with van der Waals surface area (Å²) in [5.74, 6) is 0. The third-order valence-electron chi connectivity index (χ3n) is 1.62. The van der Waals surface area contributed by atoms with Crippen LogP contribution in [0.15, 0.2) is 12.2 Å². The minimum atomic E-state index is -2.20. The molecule has 5 heteroatoms. The van der Waals surface area contributed by atoms with Gasteiger partial charge in [0.15, 0.2) is 0 Å². The van der Waals surface area contributed by atoms with Gasteiger partial charge in [-0.1, -0.05) is 12.2 Å². The zero-order valence-corrected chi connectivity index (χ0v) is 8.07. The summed E-state index contributed by atoms with van der Waals surface area (Å²) < 4.78 is 0. The van der Waals surface area contributed by atoms with Crippen molar-refractivity contribution < 1.29 is 0 Å². The Morgan fingerprint density at radius 1 is 1.55 bits per heavy atom. The zero-order chi connectivity index (χ0) is 8.32. The van der Waals surface area contributed by atoms with Gasteiger partial charge in [0.2, 0.25) is 0 Å². The largest absolute Gasteiger partial charge is 0.280 e. The molecule has 0 bridgehead atoms. The molecule has 64 valence electrons. The van der Waals surface area contributed by atoms with Crippen LogP contribution in [0.25, 0.3) is 0 Å². The maximum absolute atomic E-state index is 5.53. The first-order valence-electron chi connectivity index (χ1n) is 3.69. The molecule has 11 heavy (non-hydrogen) atoms. The summed E-state index contributed by atoms with van der Waals surface area (Å²) in [6.45, 7) is -2.20. The van der Waals surface area contributed by atoms with Crippen molar-refractivity contribution in [1.29, 1.82) is 0 Å². The van der Waals surface area contributed by atoms with Gasteiger partial charge in [0.05, 0.1) is 0 Å². The molecule has 1 aliphatic rings. The molecule has 0 spiro atoms. The van der Waals surface area contributed by atoms with E-state index in [0.29, 0.717) is 6.04 Å². The van der Waals surface area contributed by atoms with Gasteiger partial charge < -0.3 is 0 Å². The van der Waals surface area contributed by atoms with Crippen LogP contribution in [0.1, 0.15) is 19.3 Å². The molecule has 0 heterocycles. The Bertz CT molecular complexity index is 198. The minimum absolute atomic E-state index is 0.310. The van der Waals surface area contributed by atoms with Gasteiger partial charge in [0.1, 0.15) is 6.49 Å². The summed E-state index contributed by atoms with van der Waals surface area (Å²) in [5, 5.41) is 3.05. The van der Waals surface area contributed by atoms with Gasteiger partial charge in [-0.05, 0) is 31.1 Å². The van der Waals surface area contributed by atoms with Crippen LogP contribution >= 0.6 is 6.49 Å². The van der Waals surface area contributed by atoms with Crippen molar-refractivity contribution in [2.75, 3.05) is 0 Å². The van der Waals surface area contributed by atoms with Crippen molar-refractivity contribution in [3.8, 4) is 0 Å². The van der Waals surface area contributed by atoms with Gasteiger partial charge in [-0.15, -0.1) is 0 Å². The second kappa shape index (κ2) is 3.78. The quantitative estimate of drug-likeness (QED) is 0.447. The standard InChI is InChI=1S/C6H14N3PS/c7-10(8,11)9-6-4-2-1-3-5-6/h2,4,6H,1,3,5H2,(H5,7,8,9,11). The lowest BCUT2D eigenvalue weighted by atomic mass is 10.0. The predicted molar refractivity (Wildman–Crippen MR) is 52.6 cm³/mol. The Labute approximate surface area is 72.4 Å². The first-order chi connectivity index (χ1) is 5.08. The van der Waals surface area contributed by atoms with Crippen molar-refractivity contribution in [3.05, 3.63) is 12.2 Å². The molecule has 0 saturated heterocycles. The van der Waals surface area contributed by atoms with Gasteiger partial charge in [0, 0.05) is 6.04 Å². The first kappa shape index (κ1) is 9.36. The molecule has 0 aromatic carbocycles. The summed E-state index contributed by atoms with van der Waals surface area (Å²) in [6, 6.07) is 0.310. The monoisotopic (exact) mass is 191 g/mol. The van der Waals surface area contributed by atoms with Crippen LogP contribution in [0.2, 0.25) is 0 Å². The molecule has 0 aromatic rings. The highest BCUT2D eigenvalue weighted by Crippen LogP contribution is 2.23. The maximum atomic E-state index is 5.53. The molecule has 0 radical (unpaired) electrons. The molecule has 1 atom stereocenters. The molecule has 1 aliphatic carbocycles. The molecule has 1 rings (SSSR count). The molecule has 5 N–H and O–H groups in total. The highest BCUT2D eigenvalue weighted by Gasteiger charge is 2.12. The molecular weight excluding hydrogens is 177 g/mol. The molecule has 1 unspecified atom stereocenters. The number of nitrogens with one attached hydrogen (secondary N) is 1. The average molecular weight is 191 g/mol. The van der Waals surface area contributed by atoms with Crippen LogP contribution in [-0.2, 0) is 11.8 Å². The van der Waals surface area contributed by atoms with Crippen LogP contribution in [0.3, 0.4) is 0 Å². The van der Waals surface area contributed by atoms with E-state index < -0.39 is 6.49 Å². The van der Waals surface area contributed by atoms with Crippen LogP contribution in [0, 0.1) is 0 Å². The smallest absolute Gasteiger partial charge is 0.132 e. The summed E-state index contributed by atoms with van der Waals surface area (Å²) in [7, 11) is 0. The number of rotatable bonds is 2. The molecule has 0 fully saturated rings.